The highest BCUT2D eigenvalue weighted by molar-refractivity contribution is 5.81. The van der Waals surface area contributed by atoms with E-state index in [2.05, 4.69) is 11.9 Å². The van der Waals surface area contributed by atoms with Crippen molar-refractivity contribution in [1.29, 1.82) is 0 Å². The first kappa shape index (κ1) is 9.79. The molecule has 1 saturated carbocycles. The highest BCUT2D eigenvalue weighted by atomic mass is 16.3. The zero-order chi connectivity index (χ0) is 11.1. The smallest absolute Gasteiger partial charge is 0.0841 e. The minimum absolute atomic E-state index is 0.353. The molecule has 2 aromatic rings. The summed E-state index contributed by atoms with van der Waals surface area (Å²) in [5.74, 6) is 1.07. The van der Waals surface area contributed by atoms with Crippen LogP contribution in [-0.2, 0) is 0 Å². The van der Waals surface area contributed by atoms with Gasteiger partial charge in [0.25, 0.3) is 0 Å². The van der Waals surface area contributed by atoms with E-state index < -0.39 is 0 Å². The summed E-state index contributed by atoms with van der Waals surface area (Å²) < 4.78 is 0. The van der Waals surface area contributed by atoms with Gasteiger partial charge in [-0.3, -0.25) is 4.98 Å². The second-order valence-electron chi connectivity index (χ2n) is 4.74. The van der Waals surface area contributed by atoms with E-state index in [1.165, 1.54) is 0 Å². The molecule has 1 fully saturated rings. The van der Waals surface area contributed by atoms with Crippen molar-refractivity contribution in [3.63, 3.8) is 0 Å². The predicted molar refractivity (Wildman–Crippen MR) is 64.0 cm³/mol. The zero-order valence-electron chi connectivity index (χ0n) is 9.30. The lowest BCUT2D eigenvalue weighted by Crippen LogP contribution is -2.02. The van der Waals surface area contributed by atoms with E-state index in [1.807, 2.05) is 30.3 Å². The van der Waals surface area contributed by atoms with Gasteiger partial charge in [-0.2, -0.15) is 0 Å². The monoisotopic (exact) mass is 213 g/mol. The van der Waals surface area contributed by atoms with E-state index in [0.29, 0.717) is 11.8 Å². The van der Waals surface area contributed by atoms with Gasteiger partial charge in [0, 0.05) is 17.1 Å². The lowest BCUT2D eigenvalue weighted by Gasteiger charge is -2.12. The van der Waals surface area contributed by atoms with Crippen LogP contribution in [0, 0.1) is 11.8 Å². The third-order valence-electron chi connectivity index (χ3n) is 3.56. The van der Waals surface area contributed by atoms with Crippen LogP contribution in [0.3, 0.4) is 0 Å². The fraction of sp³-hybridized carbons (Fsp3) is 0.357. The van der Waals surface area contributed by atoms with E-state index in [4.69, 9.17) is 0 Å². The maximum absolute atomic E-state index is 10.3. The largest absolute Gasteiger partial charge is 0.388 e. The van der Waals surface area contributed by atoms with Crippen LogP contribution in [0.15, 0.2) is 36.5 Å². The summed E-state index contributed by atoms with van der Waals surface area (Å²) >= 11 is 0. The Labute approximate surface area is 94.9 Å². The van der Waals surface area contributed by atoms with E-state index in [0.717, 1.165) is 22.9 Å². The molecule has 1 aromatic heterocycles. The first-order valence-electron chi connectivity index (χ1n) is 5.79. The maximum atomic E-state index is 10.3. The van der Waals surface area contributed by atoms with Crippen LogP contribution in [0.25, 0.3) is 10.9 Å². The molecule has 16 heavy (non-hydrogen) atoms. The molecule has 1 heterocycles. The molecule has 0 saturated heterocycles. The van der Waals surface area contributed by atoms with Crippen molar-refractivity contribution in [3.8, 4) is 0 Å². The van der Waals surface area contributed by atoms with Crippen LogP contribution in [0.4, 0.5) is 0 Å². The number of hydrogen-bond donors (Lipinski definition) is 1. The average Bonchev–Trinajstić information content (AvgIpc) is 3.05. The summed E-state index contributed by atoms with van der Waals surface area (Å²) in [7, 11) is 0. The molecule has 1 N–H and O–H groups in total. The first-order chi connectivity index (χ1) is 7.77. The van der Waals surface area contributed by atoms with Crippen molar-refractivity contribution < 1.29 is 5.11 Å². The topological polar surface area (TPSA) is 33.1 Å². The van der Waals surface area contributed by atoms with Gasteiger partial charge in [0.05, 0.1) is 11.6 Å². The molecule has 2 nitrogen and oxygen atoms in total. The molecule has 0 spiro atoms. The Kier molecular flexibility index (Phi) is 2.18. The molecule has 0 amide bonds. The number of aliphatic hydroxyl groups is 1. The van der Waals surface area contributed by atoms with Gasteiger partial charge in [-0.25, -0.2) is 0 Å². The summed E-state index contributed by atoms with van der Waals surface area (Å²) in [6.45, 7) is 2.19. The lowest BCUT2D eigenvalue weighted by atomic mass is 10.0. The average molecular weight is 213 g/mol. The number of nitrogens with zero attached hydrogens (tertiary/aromatic N) is 1. The normalized spacial score (nSPS) is 25.6. The third-order valence-corrected chi connectivity index (χ3v) is 3.56. The van der Waals surface area contributed by atoms with Crippen LogP contribution in [-0.4, -0.2) is 10.1 Å². The van der Waals surface area contributed by atoms with Crippen LogP contribution in [0.5, 0.6) is 0 Å². The van der Waals surface area contributed by atoms with E-state index >= 15 is 0 Å². The van der Waals surface area contributed by atoms with Gasteiger partial charge in [0.1, 0.15) is 0 Å². The molecule has 1 aliphatic carbocycles. The number of aliphatic hydroxyl groups excluding tert-OH is 1. The quantitative estimate of drug-likeness (QED) is 0.832. The van der Waals surface area contributed by atoms with Crippen LogP contribution < -0.4 is 0 Å². The predicted octanol–water partition coefficient (Wildman–Crippen LogP) is 2.92. The lowest BCUT2D eigenvalue weighted by molar-refractivity contribution is 0.149. The summed E-state index contributed by atoms with van der Waals surface area (Å²) in [4.78, 5) is 4.38. The van der Waals surface area contributed by atoms with Gasteiger partial charge in [-0.05, 0) is 24.3 Å². The summed E-state index contributed by atoms with van der Waals surface area (Å²) in [5.41, 5.74) is 1.92. The Bertz CT molecular complexity index is 518. The minimum Gasteiger partial charge on any atom is -0.388 e. The number of fused-ring (bicyclic) bond motifs is 1. The summed E-state index contributed by atoms with van der Waals surface area (Å²) in [6, 6.07) is 9.99. The third kappa shape index (κ3) is 1.50. The first-order valence-corrected chi connectivity index (χ1v) is 5.79. The van der Waals surface area contributed by atoms with Gasteiger partial charge >= 0.3 is 0 Å². The summed E-state index contributed by atoms with van der Waals surface area (Å²) in [5, 5.41) is 11.4. The Hall–Kier alpha value is -1.41. The second-order valence-corrected chi connectivity index (χ2v) is 4.74. The van der Waals surface area contributed by atoms with Crippen molar-refractivity contribution in [3.05, 3.63) is 42.1 Å². The molecule has 1 aliphatic rings. The van der Waals surface area contributed by atoms with Gasteiger partial charge in [0.2, 0.25) is 0 Å². The van der Waals surface area contributed by atoms with Crippen LogP contribution in [0.2, 0.25) is 0 Å². The number of benzene rings is 1. The molecular formula is C14H15NO. The molecule has 0 bridgehead atoms. The van der Waals surface area contributed by atoms with Crippen LogP contribution >= 0.6 is 0 Å². The molecule has 82 valence electrons. The number of aromatic nitrogens is 1. The van der Waals surface area contributed by atoms with Gasteiger partial charge in [-0.15, -0.1) is 0 Å². The SMILES string of the molecule is CC1CC1C(O)c1cccc2cccnc12. The van der Waals surface area contributed by atoms with Gasteiger partial charge in [-0.1, -0.05) is 31.2 Å². The zero-order valence-corrected chi connectivity index (χ0v) is 9.30. The van der Waals surface area contributed by atoms with Crippen LogP contribution in [0.1, 0.15) is 25.0 Å². The van der Waals surface area contributed by atoms with Crippen molar-refractivity contribution in [2.75, 3.05) is 0 Å². The van der Waals surface area contributed by atoms with Gasteiger partial charge < -0.3 is 5.11 Å². The molecule has 3 atom stereocenters. The standard InChI is InChI=1S/C14H15NO/c1-9-8-12(9)14(16)11-6-2-4-10-5-3-7-15-13(10)11/h2-7,9,12,14,16H,8H2,1H3. The van der Waals surface area contributed by atoms with Crippen molar-refractivity contribution in [2.45, 2.75) is 19.4 Å². The van der Waals surface area contributed by atoms with Gasteiger partial charge in [0.15, 0.2) is 0 Å². The Balaban J connectivity index is 2.09. The number of rotatable bonds is 2. The second kappa shape index (κ2) is 3.56. The fourth-order valence-electron chi connectivity index (χ4n) is 2.39. The van der Waals surface area contributed by atoms with Crippen molar-refractivity contribution in [1.82, 2.24) is 4.98 Å². The van der Waals surface area contributed by atoms with E-state index in [1.54, 1.807) is 6.20 Å². The highest BCUT2D eigenvalue weighted by Gasteiger charge is 2.39. The van der Waals surface area contributed by atoms with Crippen molar-refractivity contribution in [2.24, 2.45) is 11.8 Å². The van der Waals surface area contributed by atoms with E-state index in [-0.39, 0.29) is 6.10 Å². The Morgan fingerprint density at radius 3 is 2.81 bits per heavy atom. The molecule has 3 rings (SSSR count). The molecule has 0 aliphatic heterocycles. The minimum atomic E-state index is -0.353. The number of para-hydroxylation sites is 1. The summed E-state index contributed by atoms with van der Waals surface area (Å²) in [6.07, 6.45) is 2.56. The highest BCUT2D eigenvalue weighted by Crippen LogP contribution is 2.47. The Morgan fingerprint density at radius 2 is 2.06 bits per heavy atom. The number of hydrogen-bond acceptors (Lipinski definition) is 2. The number of pyridine rings is 1. The Morgan fingerprint density at radius 1 is 1.31 bits per heavy atom. The van der Waals surface area contributed by atoms with E-state index in [9.17, 15) is 5.11 Å². The molecule has 3 unspecified atom stereocenters. The molecule has 1 aromatic carbocycles. The fourth-order valence-corrected chi connectivity index (χ4v) is 2.39. The molecular weight excluding hydrogens is 198 g/mol. The molecule has 2 heteroatoms. The maximum Gasteiger partial charge on any atom is 0.0841 e. The van der Waals surface area contributed by atoms with Crippen molar-refractivity contribution >= 4 is 10.9 Å². The molecule has 0 radical (unpaired) electrons.